The molecule has 2 nitrogen and oxygen atoms in total. The second kappa shape index (κ2) is 11.4. The van der Waals surface area contributed by atoms with Crippen molar-refractivity contribution in [3.8, 4) is 33.4 Å². The highest BCUT2D eigenvalue weighted by atomic mass is 16.3. The average molecular weight is 700 g/mol. The number of nitrogens with zero attached hydrogens (tertiary/aromatic N) is 1. The van der Waals surface area contributed by atoms with Gasteiger partial charge in [-0.1, -0.05) is 170 Å². The van der Waals surface area contributed by atoms with Crippen LogP contribution in [0.25, 0.3) is 65.9 Å². The molecule has 0 unspecified atom stereocenters. The van der Waals surface area contributed by atoms with Crippen molar-refractivity contribution in [1.29, 1.82) is 0 Å². The van der Waals surface area contributed by atoms with Crippen LogP contribution < -0.4 is 4.90 Å². The third kappa shape index (κ3) is 4.08. The Morgan fingerprint density at radius 1 is 0.364 bits per heavy atom. The molecule has 1 heterocycles. The molecule has 9 aromatic carbocycles. The van der Waals surface area contributed by atoms with E-state index in [-0.39, 0.29) is 0 Å². The second-order valence-electron chi connectivity index (χ2n) is 14.8. The first-order chi connectivity index (χ1) is 27.3. The Morgan fingerprint density at radius 3 is 1.51 bits per heavy atom. The van der Waals surface area contributed by atoms with E-state index in [1.807, 2.05) is 0 Å². The normalized spacial score (nSPS) is 13.2. The Morgan fingerprint density at radius 2 is 0.855 bits per heavy atom. The smallest absolute Gasteiger partial charge is 0.135 e. The molecular formula is C53H33NO. The third-order valence-corrected chi connectivity index (χ3v) is 12.1. The van der Waals surface area contributed by atoms with E-state index in [4.69, 9.17) is 4.42 Å². The molecule has 2 aliphatic carbocycles. The quantitative estimate of drug-likeness (QED) is 0.182. The minimum atomic E-state index is -0.549. The second-order valence-corrected chi connectivity index (χ2v) is 14.8. The molecule has 2 heteroatoms. The molecule has 0 radical (unpaired) electrons. The van der Waals surface area contributed by atoms with Crippen molar-refractivity contribution < 1.29 is 4.42 Å². The van der Waals surface area contributed by atoms with Crippen LogP contribution in [0.5, 0.6) is 0 Å². The van der Waals surface area contributed by atoms with E-state index >= 15 is 0 Å². The Labute approximate surface area is 319 Å². The molecule has 0 fully saturated rings. The summed E-state index contributed by atoms with van der Waals surface area (Å²) in [4.78, 5) is 2.42. The summed E-state index contributed by atoms with van der Waals surface area (Å²) in [7, 11) is 0. The van der Waals surface area contributed by atoms with E-state index in [0.717, 1.165) is 33.8 Å². The maximum absolute atomic E-state index is 7.05. The fraction of sp³-hybridized carbons (Fsp3) is 0.0189. The van der Waals surface area contributed by atoms with Gasteiger partial charge >= 0.3 is 0 Å². The molecule has 1 spiro atoms. The van der Waals surface area contributed by atoms with Gasteiger partial charge in [-0.3, -0.25) is 0 Å². The van der Waals surface area contributed by atoms with Crippen LogP contribution in [0.3, 0.4) is 0 Å². The van der Waals surface area contributed by atoms with Crippen molar-refractivity contribution in [2.75, 3.05) is 4.90 Å². The van der Waals surface area contributed by atoms with Gasteiger partial charge in [-0.15, -0.1) is 0 Å². The van der Waals surface area contributed by atoms with Crippen molar-refractivity contribution in [3.05, 3.63) is 223 Å². The van der Waals surface area contributed by atoms with E-state index in [9.17, 15) is 0 Å². The molecule has 55 heavy (non-hydrogen) atoms. The summed E-state index contributed by atoms with van der Waals surface area (Å²) >= 11 is 0. The highest BCUT2D eigenvalue weighted by molar-refractivity contribution is 6.09. The number of para-hydroxylation sites is 1. The van der Waals surface area contributed by atoms with E-state index in [1.165, 1.54) is 71.6 Å². The van der Waals surface area contributed by atoms with Crippen LogP contribution in [0, 0.1) is 0 Å². The summed E-state index contributed by atoms with van der Waals surface area (Å²) < 4.78 is 7.05. The van der Waals surface area contributed by atoms with Gasteiger partial charge in [0.05, 0.1) is 11.4 Å². The molecule has 0 N–H and O–H groups in total. The summed E-state index contributed by atoms with van der Waals surface area (Å²) in [6.45, 7) is 0. The maximum Gasteiger partial charge on any atom is 0.135 e. The topological polar surface area (TPSA) is 16.4 Å². The van der Waals surface area contributed by atoms with Crippen molar-refractivity contribution in [1.82, 2.24) is 0 Å². The lowest BCUT2D eigenvalue weighted by atomic mass is 9.73. The number of furan rings is 1. The van der Waals surface area contributed by atoms with E-state index in [0.29, 0.717) is 0 Å². The lowest BCUT2D eigenvalue weighted by Crippen LogP contribution is -2.25. The first-order valence-electron chi connectivity index (χ1n) is 19.0. The predicted molar refractivity (Wildman–Crippen MR) is 228 cm³/mol. The highest BCUT2D eigenvalue weighted by Gasteiger charge is 2.55. The summed E-state index contributed by atoms with van der Waals surface area (Å²) in [6.07, 6.45) is 0. The van der Waals surface area contributed by atoms with Crippen molar-refractivity contribution in [2.24, 2.45) is 0 Å². The minimum absolute atomic E-state index is 0.549. The number of anilines is 3. The Balaban J connectivity index is 1.09. The van der Waals surface area contributed by atoms with Crippen LogP contribution in [-0.2, 0) is 5.41 Å². The van der Waals surface area contributed by atoms with Gasteiger partial charge in [0, 0.05) is 27.4 Å². The number of fused-ring (bicyclic) bond motifs is 14. The van der Waals surface area contributed by atoms with Crippen molar-refractivity contribution in [3.63, 3.8) is 0 Å². The Bertz CT molecular complexity index is 3030. The molecule has 0 amide bonds. The first-order valence-corrected chi connectivity index (χ1v) is 19.0. The van der Waals surface area contributed by atoms with Crippen LogP contribution in [0.2, 0.25) is 0 Å². The molecule has 0 atom stereocenters. The third-order valence-electron chi connectivity index (χ3n) is 12.1. The van der Waals surface area contributed by atoms with Crippen molar-refractivity contribution >= 4 is 49.6 Å². The summed E-state index contributed by atoms with van der Waals surface area (Å²) in [6, 6.07) is 72.9. The molecule has 2 aliphatic rings. The molecule has 10 aromatic rings. The summed E-state index contributed by atoms with van der Waals surface area (Å²) in [5.41, 5.74) is 15.0. The molecule has 0 saturated heterocycles. The maximum atomic E-state index is 7.05. The molecule has 1 aromatic heterocycles. The van der Waals surface area contributed by atoms with E-state index < -0.39 is 5.41 Å². The standard InChI is InChI=1S/C53H33NO/c1-3-18-38-34(14-1)16-11-27-47(38)54(48-28-12-17-35-15-2-4-19-39(35)48)37-32-30-36(31-33-37)40-23-13-26-46-50(40)51-43-22-7-10-29-49(43)55-52(51)53(46)44-24-8-5-20-41(44)42-21-6-9-25-45(42)53/h1-33H. The zero-order chi connectivity index (χ0) is 36.1. The van der Waals surface area contributed by atoms with Crippen LogP contribution in [0.1, 0.15) is 22.5 Å². The van der Waals surface area contributed by atoms with Gasteiger partial charge in [0.2, 0.25) is 0 Å². The first kappa shape index (κ1) is 30.3. The molecule has 256 valence electrons. The fourth-order valence-corrected chi connectivity index (χ4v) is 9.83. The van der Waals surface area contributed by atoms with Crippen molar-refractivity contribution in [2.45, 2.75) is 5.41 Å². The highest BCUT2D eigenvalue weighted by Crippen LogP contribution is 2.65. The fourth-order valence-electron chi connectivity index (χ4n) is 9.83. The molecule has 0 bridgehead atoms. The number of benzene rings is 9. The minimum Gasteiger partial charge on any atom is -0.459 e. The largest absolute Gasteiger partial charge is 0.459 e. The van der Waals surface area contributed by atoms with E-state index in [2.05, 4.69) is 205 Å². The van der Waals surface area contributed by atoms with E-state index in [1.54, 1.807) is 0 Å². The molecule has 12 rings (SSSR count). The van der Waals surface area contributed by atoms with Gasteiger partial charge in [0.1, 0.15) is 16.8 Å². The number of rotatable bonds is 4. The van der Waals surface area contributed by atoms with Gasteiger partial charge in [0.25, 0.3) is 0 Å². The monoisotopic (exact) mass is 699 g/mol. The van der Waals surface area contributed by atoms with Gasteiger partial charge in [-0.2, -0.15) is 0 Å². The molecule has 0 aliphatic heterocycles. The van der Waals surface area contributed by atoms with Crippen LogP contribution in [0.15, 0.2) is 205 Å². The SMILES string of the molecule is c1ccc2c(c1)-c1ccccc1C21c2cccc(-c3ccc(N(c4cccc5ccccc45)c4cccc5ccccc45)cc3)c2-c2c1oc1ccccc21. The zero-order valence-corrected chi connectivity index (χ0v) is 29.9. The summed E-state index contributed by atoms with van der Waals surface area (Å²) in [5, 5.41) is 6.01. The molecular weight excluding hydrogens is 667 g/mol. The number of hydrogen-bond donors (Lipinski definition) is 0. The zero-order valence-electron chi connectivity index (χ0n) is 29.9. The van der Waals surface area contributed by atoms with Gasteiger partial charge in [0.15, 0.2) is 0 Å². The Kier molecular flexibility index (Phi) is 6.29. The number of hydrogen-bond acceptors (Lipinski definition) is 2. The van der Waals surface area contributed by atoms with Crippen LogP contribution >= 0.6 is 0 Å². The summed E-state index contributed by atoms with van der Waals surface area (Å²) in [5.74, 6) is 1.02. The Hall–Kier alpha value is -7.16. The predicted octanol–water partition coefficient (Wildman–Crippen LogP) is 14.2. The average Bonchev–Trinajstić information content (AvgIpc) is 3.88. The van der Waals surface area contributed by atoms with Crippen LogP contribution in [0.4, 0.5) is 17.1 Å². The van der Waals surface area contributed by atoms with Gasteiger partial charge in [-0.05, 0) is 85.6 Å². The lowest BCUT2D eigenvalue weighted by molar-refractivity contribution is 0.507. The van der Waals surface area contributed by atoms with Crippen LogP contribution in [-0.4, -0.2) is 0 Å². The molecule has 0 saturated carbocycles. The van der Waals surface area contributed by atoms with Gasteiger partial charge < -0.3 is 9.32 Å². The van der Waals surface area contributed by atoms with Gasteiger partial charge in [-0.25, -0.2) is 0 Å². The lowest BCUT2D eigenvalue weighted by Gasteiger charge is -2.29.